The molecule has 1 aromatic heterocycles. The minimum absolute atomic E-state index is 0.180. The molecular formula is C16H20ClN3O. The lowest BCUT2D eigenvalue weighted by Crippen LogP contribution is -2.36. The summed E-state index contributed by atoms with van der Waals surface area (Å²) in [5.41, 5.74) is 2.62. The lowest BCUT2D eigenvalue weighted by Gasteiger charge is -2.32. The standard InChI is InChI=1S/C16H20ClN3O/c1-16(2,3)21-20-8-5-13(6-9-20)15-14(17)10-12(4-7-18)11-19-15/h5,10-11H,4,6,8-9H2,1-3H3. The van der Waals surface area contributed by atoms with Crippen LogP contribution in [0, 0.1) is 11.3 Å². The van der Waals surface area contributed by atoms with Gasteiger partial charge in [-0.05, 0) is 44.4 Å². The van der Waals surface area contributed by atoms with Gasteiger partial charge in [-0.25, -0.2) is 0 Å². The third-order valence-corrected chi connectivity index (χ3v) is 3.35. The predicted octanol–water partition coefficient (Wildman–Crippen LogP) is 3.62. The van der Waals surface area contributed by atoms with Crippen molar-refractivity contribution in [3.63, 3.8) is 0 Å². The van der Waals surface area contributed by atoms with Crippen LogP contribution in [-0.4, -0.2) is 28.7 Å². The molecule has 0 unspecified atom stereocenters. The summed E-state index contributed by atoms with van der Waals surface area (Å²) >= 11 is 6.28. The molecule has 0 amide bonds. The van der Waals surface area contributed by atoms with E-state index in [1.807, 2.05) is 31.9 Å². The lowest BCUT2D eigenvalue weighted by atomic mass is 10.0. The van der Waals surface area contributed by atoms with E-state index in [9.17, 15) is 0 Å². The van der Waals surface area contributed by atoms with Crippen molar-refractivity contribution in [1.29, 1.82) is 5.26 Å². The third kappa shape index (κ3) is 4.53. The van der Waals surface area contributed by atoms with E-state index in [0.717, 1.165) is 36.3 Å². The van der Waals surface area contributed by atoms with Gasteiger partial charge in [0.25, 0.3) is 0 Å². The van der Waals surface area contributed by atoms with E-state index in [0.29, 0.717) is 11.4 Å². The van der Waals surface area contributed by atoms with E-state index >= 15 is 0 Å². The Morgan fingerprint density at radius 3 is 2.76 bits per heavy atom. The Kier molecular flexibility index (Phi) is 5.00. The molecule has 1 aromatic rings. The van der Waals surface area contributed by atoms with Crippen molar-refractivity contribution in [1.82, 2.24) is 10.0 Å². The van der Waals surface area contributed by atoms with Crippen molar-refractivity contribution >= 4 is 17.2 Å². The van der Waals surface area contributed by atoms with Gasteiger partial charge >= 0.3 is 0 Å². The van der Waals surface area contributed by atoms with Gasteiger partial charge in [0.2, 0.25) is 0 Å². The Bertz CT molecular complexity index is 584. The molecule has 21 heavy (non-hydrogen) atoms. The molecule has 0 radical (unpaired) electrons. The van der Waals surface area contributed by atoms with E-state index in [2.05, 4.69) is 17.1 Å². The first-order valence-electron chi connectivity index (χ1n) is 7.04. The Morgan fingerprint density at radius 2 is 2.24 bits per heavy atom. The largest absolute Gasteiger partial charge is 0.293 e. The van der Waals surface area contributed by atoms with Gasteiger partial charge in [-0.2, -0.15) is 10.3 Å². The van der Waals surface area contributed by atoms with Crippen LogP contribution >= 0.6 is 11.6 Å². The van der Waals surface area contributed by atoms with Gasteiger partial charge in [0.05, 0.1) is 28.8 Å². The second kappa shape index (κ2) is 6.57. The summed E-state index contributed by atoms with van der Waals surface area (Å²) in [7, 11) is 0. The Morgan fingerprint density at radius 1 is 1.48 bits per heavy atom. The molecule has 0 bridgehead atoms. The summed E-state index contributed by atoms with van der Waals surface area (Å²) in [6.07, 6.45) is 5.01. The molecule has 1 aliphatic rings. The second-order valence-electron chi connectivity index (χ2n) is 6.08. The molecule has 0 aromatic carbocycles. The van der Waals surface area contributed by atoms with Crippen molar-refractivity contribution in [3.05, 3.63) is 34.6 Å². The molecule has 0 N–H and O–H groups in total. The average Bonchev–Trinajstić information content (AvgIpc) is 2.39. The molecule has 0 spiro atoms. The summed E-state index contributed by atoms with van der Waals surface area (Å²) in [6.45, 7) is 7.67. The average molecular weight is 306 g/mol. The maximum Gasteiger partial charge on any atom is 0.0845 e. The van der Waals surface area contributed by atoms with Crippen LogP contribution in [0.2, 0.25) is 5.02 Å². The van der Waals surface area contributed by atoms with Crippen molar-refractivity contribution in [2.24, 2.45) is 0 Å². The Labute approximate surface area is 130 Å². The first-order valence-corrected chi connectivity index (χ1v) is 7.42. The van der Waals surface area contributed by atoms with E-state index < -0.39 is 0 Å². The SMILES string of the molecule is CC(C)(C)ON1CC=C(c2ncc(CC#N)cc2Cl)CC1. The molecule has 2 heterocycles. The number of hydrogen-bond acceptors (Lipinski definition) is 4. The van der Waals surface area contributed by atoms with Crippen LogP contribution in [-0.2, 0) is 11.3 Å². The third-order valence-electron chi connectivity index (χ3n) is 3.06. The van der Waals surface area contributed by atoms with Crippen molar-refractivity contribution in [2.45, 2.75) is 39.2 Å². The van der Waals surface area contributed by atoms with Gasteiger partial charge in [0, 0.05) is 19.3 Å². The van der Waals surface area contributed by atoms with Crippen LogP contribution in [0.4, 0.5) is 0 Å². The molecule has 1 aliphatic heterocycles. The minimum Gasteiger partial charge on any atom is -0.293 e. The van der Waals surface area contributed by atoms with E-state index in [-0.39, 0.29) is 5.60 Å². The molecule has 4 nitrogen and oxygen atoms in total. The van der Waals surface area contributed by atoms with Gasteiger partial charge in [-0.15, -0.1) is 0 Å². The monoisotopic (exact) mass is 305 g/mol. The quantitative estimate of drug-likeness (QED) is 0.856. The molecule has 0 aliphatic carbocycles. The van der Waals surface area contributed by atoms with Crippen LogP contribution in [0.25, 0.3) is 5.57 Å². The van der Waals surface area contributed by atoms with Crippen molar-refractivity contribution in [2.75, 3.05) is 13.1 Å². The van der Waals surface area contributed by atoms with Gasteiger partial charge in [-0.1, -0.05) is 17.7 Å². The van der Waals surface area contributed by atoms with E-state index in [4.69, 9.17) is 21.7 Å². The summed E-state index contributed by atoms with van der Waals surface area (Å²) < 4.78 is 0. The highest BCUT2D eigenvalue weighted by Gasteiger charge is 2.21. The highest BCUT2D eigenvalue weighted by Crippen LogP contribution is 2.28. The smallest absolute Gasteiger partial charge is 0.0845 e. The fourth-order valence-corrected chi connectivity index (χ4v) is 2.55. The number of nitrogens with zero attached hydrogens (tertiary/aromatic N) is 3. The predicted molar refractivity (Wildman–Crippen MR) is 83.6 cm³/mol. The maximum atomic E-state index is 8.70. The zero-order chi connectivity index (χ0) is 15.5. The number of halogens is 1. The molecule has 5 heteroatoms. The van der Waals surface area contributed by atoms with Crippen LogP contribution < -0.4 is 0 Å². The molecule has 0 atom stereocenters. The number of pyridine rings is 1. The summed E-state index contributed by atoms with van der Waals surface area (Å²) in [4.78, 5) is 10.3. The van der Waals surface area contributed by atoms with Gasteiger partial charge in [0.15, 0.2) is 0 Å². The summed E-state index contributed by atoms with van der Waals surface area (Å²) in [6, 6.07) is 3.93. The zero-order valence-corrected chi connectivity index (χ0v) is 13.4. The Balaban J connectivity index is 2.09. The highest BCUT2D eigenvalue weighted by atomic mass is 35.5. The van der Waals surface area contributed by atoms with Crippen LogP contribution in [0.15, 0.2) is 18.3 Å². The molecule has 0 saturated heterocycles. The molecule has 2 rings (SSSR count). The molecule has 112 valence electrons. The van der Waals surface area contributed by atoms with Crippen LogP contribution in [0.3, 0.4) is 0 Å². The summed E-state index contributed by atoms with van der Waals surface area (Å²) in [5, 5.41) is 11.3. The molecule has 0 fully saturated rings. The molecular weight excluding hydrogens is 286 g/mol. The van der Waals surface area contributed by atoms with Crippen molar-refractivity contribution in [3.8, 4) is 6.07 Å². The lowest BCUT2D eigenvalue weighted by molar-refractivity contribution is -0.223. The topological polar surface area (TPSA) is 49.1 Å². The van der Waals surface area contributed by atoms with Crippen molar-refractivity contribution < 1.29 is 4.84 Å². The maximum absolute atomic E-state index is 8.70. The van der Waals surface area contributed by atoms with E-state index in [1.165, 1.54) is 0 Å². The first kappa shape index (κ1) is 16.0. The van der Waals surface area contributed by atoms with Crippen LogP contribution in [0.5, 0.6) is 0 Å². The number of rotatable bonds is 3. The van der Waals surface area contributed by atoms with Crippen LogP contribution in [0.1, 0.15) is 38.4 Å². The molecule has 0 saturated carbocycles. The normalized spacial score (nSPS) is 16.4. The fraction of sp³-hybridized carbons (Fsp3) is 0.500. The van der Waals surface area contributed by atoms with Gasteiger partial charge in [-0.3, -0.25) is 9.82 Å². The minimum atomic E-state index is -0.180. The van der Waals surface area contributed by atoms with Gasteiger partial charge in [0.1, 0.15) is 0 Å². The van der Waals surface area contributed by atoms with Gasteiger partial charge < -0.3 is 0 Å². The summed E-state index contributed by atoms with van der Waals surface area (Å²) in [5.74, 6) is 0. The Hall–Kier alpha value is -1.41. The zero-order valence-electron chi connectivity index (χ0n) is 12.7. The first-order chi connectivity index (χ1) is 9.89. The second-order valence-corrected chi connectivity index (χ2v) is 6.49. The number of nitriles is 1. The fourth-order valence-electron chi connectivity index (χ4n) is 2.24. The highest BCUT2D eigenvalue weighted by molar-refractivity contribution is 6.32. The van der Waals surface area contributed by atoms with E-state index in [1.54, 1.807) is 6.20 Å². The number of aromatic nitrogens is 1. The number of hydroxylamine groups is 2. The number of hydrogen-bond donors (Lipinski definition) is 0.